The van der Waals surface area contributed by atoms with E-state index >= 15 is 0 Å². The van der Waals surface area contributed by atoms with Gasteiger partial charge in [-0.2, -0.15) is 0 Å². The van der Waals surface area contributed by atoms with Gasteiger partial charge in [0, 0.05) is 12.2 Å². The van der Waals surface area contributed by atoms with E-state index in [1.807, 2.05) is 49.4 Å². The molecule has 0 radical (unpaired) electrons. The fraction of sp³-hybridized carbons (Fsp3) is 0.263. The van der Waals surface area contributed by atoms with Gasteiger partial charge in [-0.05, 0) is 36.1 Å². The average molecular weight is 308 g/mol. The number of nitrogens with one attached hydrogen (secondary N) is 2. The van der Waals surface area contributed by atoms with Crippen molar-refractivity contribution in [3.8, 4) is 0 Å². The fourth-order valence-electron chi connectivity index (χ4n) is 2.85. The quantitative estimate of drug-likeness (QED) is 0.891. The van der Waals surface area contributed by atoms with Gasteiger partial charge < -0.3 is 10.6 Å². The minimum Gasteiger partial charge on any atom is -0.355 e. The van der Waals surface area contributed by atoms with Crippen molar-refractivity contribution < 1.29 is 9.59 Å². The Hall–Kier alpha value is -2.62. The molecule has 3 rings (SSSR count). The van der Waals surface area contributed by atoms with Crippen LogP contribution in [0, 0.1) is 6.92 Å². The van der Waals surface area contributed by atoms with Crippen LogP contribution in [0.2, 0.25) is 0 Å². The van der Waals surface area contributed by atoms with Gasteiger partial charge in [0.15, 0.2) is 0 Å². The lowest BCUT2D eigenvalue weighted by Crippen LogP contribution is -2.27. The first kappa shape index (κ1) is 15.3. The molecule has 118 valence electrons. The van der Waals surface area contributed by atoms with Crippen LogP contribution in [0.3, 0.4) is 0 Å². The molecule has 4 heteroatoms. The Labute approximate surface area is 135 Å². The Bertz CT molecular complexity index is 753. The highest BCUT2D eigenvalue weighted by Gasteiger charge is 2.17. The molecule has 0 atom stereocenters. The predicted molar refractivity (Wildman–Crippen MR) is 90.4 cm³/mol. The third-order valence-electron chi connectivity index (χ3n) is 3.98. The topological polar surface area (TPSA) is 58.2 Å². The third kappa shape index (κ3) is 3.97. The molecule has 1 aliphatic rings. The summed E-state index contributed by atoms with van der Waals surface area (Å²) >= 11 is 0. The lowest BCUT2D eigenvalue weighted by Gasteiger charge is -2.07. The molecule has 0 bridgehead atoms. The van der Waals surface area contributed by atoms with Gasteiger partial charge in [0.2, 0.25) is 11.8 Å². The minimum absolute atomic E-state index is 0.0357. The van der Waals surface area contributed by atoms with E-state index < -0.39 is 0 Å². The van der Waals surface area contributed by atoms with Gasteiger partial charge in [0.25, 0.3) is 0 Å². The monoisotopic (exact) mass is 308 g/mol. The zero-order valence-electron chi connectivity index (χ0n) is 13.2. The second-order valence-corrected chi connectivity index (χ2v) is 5.98. The molecular weight excluding hydrogens is 288 g/mol. The van der Waals surface area contributed by atoms with Crippen molar-refractivity contribution in [2.24, 2.45) is 0 Å². The summed E-state index contributed by atoms with van der Waals surface area (Å²) in [4.78, 5) is 23.3. The van der Waals surface area contributed by atoms with Crippen molar-refractivity contribution in [1.29, 1.82) is 0 Å². The van der Waals surface area contributed by atoms with E-state index in [0.717, 1.165) is 34.4 Å². The molecule has 2 amide bonds. The smallest absolute Gasteiger partial charge is 0.228 e. The summed E-state index contributed by atoms with van der Waals surface area (Å²) in [6, 6.07) is 14.0. The zero-order valence-corrected chi connectivity index (χ0v) is 13.2. The number of hydrogen-bond acceptors (Lipinski definition) is 2. The maximum atomic E-state index is 12.0. The molecule has 0 saturated heterocycles. The number of aryl methyl sites for hydroxylation is 1. The lowest BCUT2D eigenvalue weighted by molar-refractivity contribution is -0.120. The molecule has 2 aromatic rings. The molecule has 0 fully saturated rings. The van der Waals surface area contributed by atoms with Crippen LogP contribution in [-0.2, 0) is 28.9 Å². The van der Waals surface area contributed by atoms with E-state index in [-0.39, 0.29) is 11.8 Å². The van der Waals surface area contributed by atoms with Gasteiger partial charge in [-0.25, -0.2) is 0 Å². The van der Waals surface area contributed by atoms with E-state index in [9.17, 15) is 9.59 Å². The van der Waals surface area contributed by atoms with Crippen LogP contribution in [0.1, 0.15) is 22.3 Å². The van der Waals surface area contributed by atoms with Gasteiger partial charge in [-0.3, -0.25) is 9.59 Å². The minimum atomic E-state index is 0.0357. The summed E-state index contributed by atoms with van der Waals surface area (Å²) in [6.45, 7) is 2.62. The molecule has 4 nitrogen and oxygen atoms in total. The highest BCUT2D eigenvalue weighted by molar-refractivity contribution is 5.99. The predicted octanol–water partition coefficient (Wildman–Crippen LogP) is 2.39. The van der Waals surface area contributed by atoms with Crippen LogP contribution in [0.4, 0.5) is 5.69 Å². The number of anilines is 1. The number of carbonyl (C=O) groups is 2. The molecule has 0 aromatic heterocycles. The van der Waals surface area contributed by atoms with Crippen molar-refractivity contribution >= 4 is 17.5 Å². The number of benzene rings is 2. The summed E-state index contributed by atoms with van der Waals surface area (Å²) in [7, 11) is 0. The maximum absolute atomic E-state index is 12.0. The SMILES string of the molecule is Cc1cccc(CC(=O)NCCc2ccc3c(c2)CC(=O)N3)c1. The van der Waals surface area contributed by atoms with Crippen LogP contribution < -0.4 is 10.6 Å². The van der Waals surface area contributed by atoms with E-state index in [4.69, 9.17) is 0 Å². The van der Waals surface area contributed by atoms with Gasteiger partial charge >= 0.3 is 0 Å². The van der Waals surface area contributed by atoms with Crippen LogP contribution in [-0.4, -0.2) is 18.4 Å². The van der Waals surface area contributed by atoms with Crippen molar-refractivity contribution in [2.45, 2.75) is 26.2 Å². The summed E-state index contributed by atoms with van der Waals surface area (Å²) in [5.41, 5.74) is 5.28. The summed E-state index contributed by atoms with van der Waals surface area (Å²) in [5, 5.41) is 5.78. The van der Waals surface area contributed by atoms with E-state index in [1.165, 1.54) is 0 Å². The maximum Gasteiger partial charge on any atom is 0.228 e. The Morgan fingerprint density at radius 2 is 2.04 bits per heavy atom. The highest BCUT2D eigenvalue weighted by Crippen LogP contribution is 2.23. The number of fused-ring (bicyclic) bond motifs is 1. The highest BCUT2D eigenvalue weighted by atomic mass is 16.2. The van der Waals surface area contributed by atoms with Crippen molar-refractivity contribution in [1.82, 2.24) is 5.32 Å². The fourth-order valence-corrected chi connectivity index (χ4v) is 2.85. The Balaban J connectivity index is 1.49. The van der Waals surface area contributed by atoms with Crippen LogP contribution in [0.5, 0.6) is 0 Å². The van der Waals surface area contributed by atoms with E-state index in [0.29, 0.717) is 19.4 Å². The first-order chi connectivity index (χ1) is 11.1. The van der Waals surface area contributed by atoms with E-state index in [2.05, 4.69) is 10.6 Å². The van der Waals surface area contributed by atoms with Gasteiger partial charge in [0.05, 0.1) is 12.8 Å². The molecule has 2 aromatic carbocycles. The molecule has 1 aliphatic heterocycles. The normalized spacial score (nSPS) is 12.7. The molecule has 0 saturated carbocycles. The molecule has 1 heterocycles. The number of carbonyl (C=O) groups excluding carboxylic acids is 2. The van der Waals surface area contributed by atoms with Crippen molar-refractivity contribution in [3.63, 3.8) is 0 Å². The first-order valence-corrected chi connectivity index (χ1v) is 7.84. The second kappa shape index (κ2) is 6.65. The number of rotatable bonds is 5. The molecular formula is C19H20N2O2. The van der Waals surface area contributed by atoms with Crippen molar-refractivity contribution in [2.75, 3.05) is 11.9 Å². The molecule has 23 heavy (non-hydrogen) atoms. The summed E-state index contributed by atoms with van der Waals surface area (Å²) < 4.78 is 0. The molecule has 0 unspecified atom stereocenters. The molecule has 2 N–H and O–H groups in total. The van der Waals surface area contributed by atoms with Crippen LogP contribution in [0.15, 0.2) is 42.5 Å². The number of hydrogen-bond donors (Lipinski definition) is 2. The lowest BCUT2D eigenvalue weighted by atomic mass is 10.1. The van der Waals surface area contributed by atoms with Crippen LogP contribution >= 0.6 is 0 Å². The Kier molecular flexibility index (Phi) is 4.42. The molecule has 0 aliphatic carbocycles. The summed E-state index contributed by atoms with van der Waals surface area (Å²) in [5.74, 6) is 0.0808. The Morgan fingerprint density at radius 1 is 1.17 bits per heavy atom. The van der Waals surface area contributed by atoms with Crippen molar-refractivity contribution in [3.05, 3.63) is 64.7 Å². The molecule has 0 spiro atoms. The Morgan fingerprint density at radius 3 is 2.87 bits per heavy atom. The zero-order chi connectivity index (χ0) is 16.2. The summed E-state index contributed by atoms with van der Waals surface area (Å²) in [6.07, 6.45) is 1.62. The van der Waals surface area contributed by atoms with Crippen LogP contribution in [0.25, 0.3) is 0 Å². The number of amides is 2. The van der Waals surface area contributed by atoms with Gasteiger partial charge in [0.1, 0.15) is 0 Å². The largest absolute Gasteiger partial charge is 0.355 e. The second-order valence-electron chi connectivity index (χ2n) is 5.98. The van der Waals surface area contributed by atoms with Gasteiger partial charge in [-0.15, -0.1) is 0 Å². The van der Waals surface area contributed by atoms with E-state index in [1.54, 1.807) is 0 Å². The van der Waals surface area contributed by atoms with Gasteiger partial charge in [-0.1, -0.05) is 42.0 Å². The average Bonchev–Trinajstić information content (AvgIpc) is 2.86. The third-order valence-corrected chi connectivity index (χ3v) is 3.98. The standard InChI is InChI=1S/C19H20N2O2/c1-13-3-2-4-15(9-13)11-18(22)20-8-7-14-5-6-17-16(10-14)12-19(23)21-17/h2-6,9-10H,7-8,11-12H2,1H3,(H,20,22)(H,21,23). The first-order valence-electron chi connectivity index (χ1n) is 7.84.